The van der Waals surface area contributed by atoms with Crippen LogP contribution in [0.15, 0.2) is 61.1 Å². The number of piperidine rings is 1. The van der Waals surface area contributed by atoms with Crippen molar-refractivity contribution in [3.63, 3.8) is 0 Å². The number of likely N-dealkylation sites (tertiary alicyclic amines) is 1. The van der Waals surface area contributed by atoms with Crippen LogP contribution < -0.4 is 5.32 Å². The van der Waals surface area contributed by atoms with E-state index in [-0.39, 0.29) is 24.5 Å². The number of hydrogen-bond donors (Lipinski definition) is 1. The van der Waals surface area contributed by atoms with Crippen molar-refractivity contribution >= 4 is 40.3 Å². The third-order valence-electron chi connectivity index (χ3n) is 7.94. The summed E-state index contributed by atoms with van der Waals surface area (Å²) in [6, 6.07) is 15.7. The van der Waals surface area contributed by atoms with Gasteiger partial charge in [-0.25, -0.2) is 14.8 Å². The number of amides is 3. The zero-order valence-electron chi connectivity index (χ0n) is 21.9. The van der Waals surface area contributed by atoms with E-state index < -0.39 is 0 Å². The van der Waals surface area contributed by atoms with Crippen molar-refractivity contribution in [1.82, 2.24) is 24.3 Å². The molecule has 0 saturated carbocycles. The maximum Gasteiger partial charge on any atom is 0.322 e. The van der Waals surface area contributed by atoms with E-state index in [2.05, 4.69) is 28.3 Å². The molecule has 2 aromatic carbocycles. The first-order valence-electron chi connectivity index (χ1n) is 13.5. The second-order valence-corrected chi connectivity index (χ2v) is 10.6. The number of benzene rings is 2. The first-order valence-corrected chi connectivity index (χ1v) is 13.9. The molecule has 200 valence electrons. The Balaban J connectivity index is 1.17. The van der Waals surface area contributed by atoms with E-state index in [1.165, 1.54) is 0 Å². The first kappa shape index (κ1) is 25.4. The van der Waals surface area contributed by atoms with Crippen molar-refractivity contribution in [3.8, 4) is 11.1 Å². The molecule has 0 atom stereocenters. The van der Waals surface area contributed by atoms with Gasteiger partial charge in [0.05, 0.1) is 5.69 Å². The van der Waals surface area contributed by atoms with Gasteiger partial charge in [0.15, 0.2) is 0 Å². The van der Waals surface area contributed by atoms with Gasteiger partial charge in [-0.2, -0.15) is 0 Å². The molecule has 6 rings (SSSR count). The molecular formula is C30H31ClN6O2. The molecule has 0 radical (unpaired) electrons. The summed E-state index contributed by atoms with van der Waals surface area (Å²) in [5.74, 6) is 0.0421. The number of nitrogens with one attached hydrogen (secondary N) is 1. The van der Waals surface area contributed by atoms with Crippen LogP contribution in [-0.4, -0.2) is 61.9 Å². The van der Waals surface area contributed by atoms with Gasteiger partial charge in [0.2, 0.25) is 5.91 Å². The van der Waals surface area contributed by atoms with Gasteiger partial charge >= 0.3 is 6.03 Å². The second kappa shape index (κ2) is 10.7. The Hall–Kier alpha value is -3.91. The highest BCUT2D eigenvalue weighted by molar-refractivity contribution is 6.33. The number of aryl methyl sites for hydroxylation is 1. The predicted octanol–water partition coefficient (Wildman–Crippen LogP) is 5.40. The van der Waals surface area contributed by atoms with Crippen LogP contribution in [0.25, 0.3) is 22.2 Å². The van der Waals surface area contributed by atoms with Crippen molar-refractivity contribution in [2.45, 2.75) is 45.2 Å². The highest BCUT2D eigenvalue weighted by Crippen LogP contribution is 2.36. The van der Waals surface area contributed by atoms with E-state index in [0.29, 0.717) is 24.7 Å². The number of urea groups is 1. The fraction of sp³-hybridized carbons (Fsp3) is 0.333. The van der Waals surface area contributed by atoms with Gasteiger partial charge in [0.1, 0.15) is 18.5 Å². The van der Waals surface area contributed by atoms with Crippen LogP contribution in [0.5, 0.6) is 0 Å². The summed E-state index contributed by atoms with van der Waals surface area (Å²) in [4.78, 5) is 39.3. The lowest BCUT2D eigenvalue weighted by atomic mass is 10.0. The van der Waals surface area contributed by atoms with Crippen LogP contribution >= 0.6 is 11.6 Å². The summed E-state index contributed by atoms with van der Waals surface area (Å²) in [5.41, 5.74) is 5.56. The fourth-order valence-corrected chi connectivity index (χ4v) is 6.11. The molecule has 0 bridgehead atoms. The molecule has 2 aliphatic rings. The molecule has 8 nitrogen and oxygen atoms in total. The third-order valence-corrected chi connectivity index (χ3v) is 8.27. The zero-order chi connectivity index (χ0) is 26.9. The fourth-order valence-electron chi connectivity index (χ4n) is 5.87. The minimum absolute atomic E-state index is 0.0421. The van der Waals surface area contributed by atoms with Gasteiger partial charge in [0.25, 0.3) is 0 Å². The number of hydrogen-bond acceptors (Lipinski definition) is 4. The van der Waals surface area contributed by atoms with Crippen LogP contribution in [0, 0.1) is 0 Å². The number of rotatable bonds is 5. The number of carbonyl (C=O) groups excluding carboxylic acids is 2. The molecule has 3 amide bonds. The number of carbonyl (C=O) groups is 2. The highest BCUT2D eigenvalue weighted by Gasteiger charge is 2.31. The van der Waals surface area contributed by atoms with Crippen molar-refractivity contribution in [2.24, 2.45) is 0 Å². The average molecular weight is 543 g/mol. The van der Waals surface area contributed by atoms with E-state index in [1.807, 2.05) is 63.0 Å². The van der Waals surface area contributed by atoms with Crippen molar-refractivity contribution in [3.05, 3.63) is 77.3 Å². The number of anilines is 1. The standard InChI is InChI=1S/C30H31ClN6O2/c1-2-25-28-23(22-8-4-5-9-24(22)31)17-36(29(28)33-19-32-25)18-27(38)35-14-12-21(13-15-35)37-16-11-20-7-3-6-10-26(20)34-30(37)39/h3-10,17,19,21H,2,11-16,18H2,1H3,(H,34,39). The lowest BCUT2D eigenvalue weighted by molar-refractivity contribution is -0.133. The van der Waals surface area contributed by atoms with E-state index >= 15 is 0 Å². The third kappa shape index (κ3) is 4.85. The molecule has 2 aliphatic heterocycles. The Bertz CT molecular complexity index is 1540. The summed E-state index contributed by atoms with van der Waals surface area (Å²) < 4.78 is 1.92. The highest BCUT2D eigenvalue weighted by atomic mass is 35.5. The topological polar surface area (TPSA) is 83.4 Å². The van der Waals surface area contributed by atoms with Gasteiger partial charge in [-0.05, 0) is 43.4 Å². The van der Waals surface area contributed by atoms with Gasteiger partial charge in [0, 0.05) is 59.1 Å². The zero-order valence-corrected chi connectivity index (χ0v) is 22.7. The Morgan fingerprint density at radius 3 is 2.59 bits per heavy atom. The molecule has 1 fully saturated rings. The largest absolute Gasteiger partial charge is 0.341 e. The Morgan fingerprint density at radius 1 is 1.03 bits per heavy atom. The Labute approximate surface area is 232 Å². The molecule has 1 N–H and O–H groups in total. The SMILES string of the molecule is CCc1ncnc2c1c(-c1ccccc1Cl)cn2CC(=O)N1CCC(N2CCc3ccccc3NC2=O)CC1. The van der Waals surface area contributed by atoms with E-state index in [9.17, 15) is 9.59 Å². The summed E-state index contributed by atoms with van der Waals surface area (Å²) >= 11 is 6.56. The van der Waals surface area contributed by atoms with Crippen LogP contribution in [-0.2, 0) is 24.2 Å². The van der Waals surface area contributed by atoms with Crippen molar-refractivity contribution in [1.29, 1.82) is 0 Å². The Kier molecular flexibility index (Phi) is 6.95. The Morgan fingerprint density at radius 2 is 1.79 bits per heavy atom. The molecule has 4 aromatic rings. The lowest BCUT2D eigenvalue weighted by Gasteiger charge is -2.38. The smallest absolute Gasteiger partial charge is 0.322 e. The normalized spacial score (nSPS) is 16.2. The first-order chi connectivity index (χ1) is 19.0. The van der Waals surface area contributed by atoms with E-state index in [0.717, 1.165) is 64.8 Å². The number of aromatic nitrogens is 3. The number of fused-ring (bicyclic) bond motifs is 2. The van der Waals surface area contributed by atoms with Crippen LogP contribution in [0.1, 0.15) is 31.0 Å². The number of halogens is 1. The monoisotopic (exact) mass is 542 g/mol. The van der Waals surface area contributed by atoms with Gasteiger partial charge in [-0.3, -0.25) is 4.79 Å². The molecule has 0 aliphatic carbocycles. The van der Waals surface area contributed by atoms with Crippen LogP contribution in [0.3, 0.4) is 0 Å². The molecular weight excluding hydrogens is 512 g/mol. The van der Waals surface area contributed by atoms with Crippen LogP contribution in [0.2, 0.25) is 5.02 Å². The molecule has 9 heteroatoms. The molecule has 0 spiro atoms. The van der Waals surface area contributed by atoms with Gasteiger partial charge in [-0.1, -0.05) is 54.9 Å². The van der Waals surface area contributed by atoms with E-state index in [4.69, 9.17) is 11.6 Å². The predicted molar refractivity (Wildman–Crippen MR) is 153 cm³/mol. The summed E-state index contributed by atoms with van der Waals surface area (Å²) in [7, 11) is 0. The van der Waals surface area contributed by atoms with Gasteiger partial charge in [-0.15, -0.1) is 0 Å². The molecule has 2 aromatic heterocycles. The molecule has 0 unspecified atom stereocenters. The van der Waals surface area contributed by atoms with Crippen molar-refractivity contribution < 1.29 is 9.59 Å². The minimum Gasteiger partial charge on any atom is -0.341 e. The summed E-state index contributed by atoms with van der Waals surface area (Å²) in [5, 5.41) is 4.65. The maximum absolute atomic E-state index is 13.5. The number of para-hydroxylation sites is 1. The average Bonchev–Trinajstić information content (AvgIpc) is 3.23. The van der Waals surface area contributed by atoms with Gasteiger partial charge < -0.3 is 19.7 Å². The summed E-state index contributed by atoms with van der Waals surface area (Å²) in [6.07, 6.45) is 6.63. The second-order valence-electron chi connectivity index (χ2n) is 10.2. The van der Waals surface area contributed by atoms with E-state index in [1.54, 1.807) is 6.33 Å². The lowest BCUT2D eigenvalue weighted by Crippen LogP contribution is -2.50. The van der Waals surface area contributed by atoms with Crippen LogP contribution in [0.4, 0.5) is 10.5 Å². The summed E-state index contributed by atoms with van der Waals surface area (Å²) in [6.45, 7) is 4.17. The molecule has 39 heavy (non-hydrogen) atoms. The maximum atomic E-state index is 13.5. The quantitative estimate of drug-likeness (QED) is 0.366. The number of nitrogens with zero attached hydrogens (tertiary/aromatic N) is 5. The minimum atomic E-state index is -0.0537. The molecule has 1 saturated heterocycles. The molecule has 4 heterocycles. The van der Waals surface area contributed by atoms with Crippen molar-refractivity contribution in [2.75, 3.05) is 25.0 Å².